The summed E-state index contributed by atoms with van der Waals surface area (Å²) in [6, 6.07) is 5.98. The Morgan fingerprint density at radius 3 is 2.78 bits per heavy atom. The van der Waals surface area contributed by atoms with E-state index in [1.165, 1.54) is 18.4 Å². The summed E-state index contributed by atoms with van der Waals surface area (Å²) >= 11 is 0. The SMILES string of the molecule is COc1ccc2c(c1)C(=O)[C@@H]1CCC[C@H]1C2(C)C. The number of hydrogen-bond donors (Lipinski definition) is 0. The Balaban J connectivity index is 2.18. The van der Waals surface area contributed by atoms with E-state index in [2.05, 4.69) is 19.9 Å². The summed E-state index contributed by atoms with van der Waals surface area (Å²) in [5.74, 6) is 1.88. The number of carbonyl (C=O) groups excluding carboxylic acids is 1. The van der Waals surface area contributed by atoms with Gasteiger partial charge in [-0.1, -0.05) is 26.3 Å². The second-order valence-corrected chi connectivity index (χ2v) is 6.14. The van der Waals surface area contributed by atoms with E-state index >= 15 is 0 Å². The van der Waals surface area contributed by atoms with Crippen molar-refractivity contribution in [3.8, 4) is 5.75 Å². The van der Waals surface area contributed by atoms with Gasteiger partial charge in [-0.2, -0.15) is 0 Å². The number of Topliss-reactive ketones (excluding diaryl/α,β-unsaturated/α-hetero) is 1. The molecule has 1 saturated carbocycles. The standard InChI is InChI=1S/C16H20O2/c1-16(2)13-6-4-5-11(13)15(17)12-9-10(18-3)7-8-14(12)16/h7-9,11,13H,4-6H2,1-3H3/t11-,13-/m1/s1. The first-order valence-electron chi connectivity index (χ1n) is 6.78. The van der Waals surface area contributed by atoms with E-state index in [9.17, 15) is 4.79 Å². The van der Waals surface area contributed by atoms with Gasteiger partial charge < -0.3 is 4.74 Å². The van der Waals surface area contributed by atoms with Crippen LogP contribution in [0, 0.1) is 11.8 Å². The number of carbonyl (C=O) groups is 1. The first kappa shape index (κ1) is 11.8. The molecule has 0 heterocycles. The topological polar surface area (TPSA) is 26.3 Å². The van der Waals surface area contributed by atoms with Crippen LogP contribution in [0.3, 0.4) is 0 Å². The third kappa shape index (κ3) is 1.44. The molecular formula is C16H20O2. The Labute approximate surface area is 108 Å². The highest BCUT2D eigenvalue weighted by Crippen LogP contribution is 2.51. The van der Waals surface area contributed by atoms with Crippen molar-refractivity contribution >= 4 is 5.78 Å². The van der Waals surface area contributed by atoms with Gasteiger partial charge in [0.2, 0.25) is 0 Å². The molecule has 0 spiro atoms. The van der Waals surface area contributed by atoms with Gasteiger partial charge in [0.05, 0.1) is 7.11 Å². The van der Waals surface area contributed by atoms with Gasteiger partial charge in [-0.05, 0) is 41.9 Å². The summed E-state index contributed by atoms with van der Waals surface area (Å²) in [4.78, 5) is 12.6. The van der Waals surface area contributed by atoms with E-state index < -0.39 is 0 Å². The molecule has 1 fully saturated rings. The predicted octanol–water partition coefficient (Wildman–Crippen LogP) is 3.59. The lowest BCUT2D eigenvalue weighted by Gasteiger charge is -2.41. The number of hydrogen-bond acceptors (Lipinski definition) is 2. The maximum atomic E-state index is 12.6. The monoisotopic (exact) mass is 244 g/mol. The first-order chi connectivity index (χ1) is 8.55. The lowest BCUT2D eigenvalue weighted by atomic mass is 9.61. The molecule has 0 N–H and O–H groups in total. The number of methoxy groups -OCH3 is 1. The molecule has 0 aromatic heterocycles. The summed E-state index contributed by atoms with van der Waals surface area (Å²) in [7, 11) is 1.65. The molecule has 0 amide bonds. The second kappa shape index (κ2) is 3.84. The van der Waals surface area contributed by atoms with Crippen molar-refractivity contribution in [2.24, 2.45) is 11.8 Å². The van der Waals surface area contributed by atoms with Crippen molar-refractivity contribution in [2.75, 3.05) is 7.11 Å². The van der Waals surface area contributed by atoms with Crippen molar-refractivity contribution < 1.29 is 9.53 Å². The average Bonchev–Trinajstić information content (AvgIpc) is 2.86. The molecule has 2 atom stereocenters. The number of fused-ring (bicyclic) bond motifs is 2. The van der Waals surface area contributed by atoms with Crippen LogP contribution in [0.2, 0.25) is 0 Å². The molecule has 3 rings (SSSR count). The molecule has 0 aliphatic heterocycles. The van der Waals surface area contributed by atoms with Crippen LogP contribution in [0.15, 0.2) is 18.2 Å². The minimum atomic E-state index is 0.108. The smallest absolute Gasteiger partial charge is 0.166 e. The fraction of sp³-hybridized carbons (Fsp3) is 0.562. The summed E-state index contributed by atoms with van der Waals surface area (Å²) in [6.07, 6.45) is 3.44. The summed E-state index contributed by atoms with van der Waals surface area (Å²) < 4.78 is 5.26. The van der Waals surface area contributed by atoms with Crippen LogP contribution in [0.5, 0.6) is 5.75 Å². The normalized spacial score (nSPS) is 28.7. The first-order valence-corrected chi connectivity index (χ1v) is 6.78. The molecule has 0 saturated heterocycles. The number of ether oxygens (including phenoxy) is 1. The zero-order chi connectivity index (χ0) is 12.9. The summed E-state index contributed by atoms with van der Waals surface area (Å²) in [5, 5.41) is 0. The molecular weight excluding hydrogens is 224 g/mol. The van der Waals surface area contributed by atoms with Gasteiger partial charge in [0.15, 0.2) is 5.78 Å². The van der Waals surface area contributed by atoms with Crippen LogP contribution < -0.4 is 4.74 Å². The Morgan fingerprint density at radius 1 is 1.28 bits per heavy atom. The van der Waals surface area contributed by atoms with Crippen LogP contribution in [0.25, 0.3) is 0 Å². The van der Waals surface area contributed by atoms with Crippen LogP contribution in [-0.4, -0.2) is 12.9 Å². The quantitative estimate of drug-likeness (QED) is 0.754. The molecule has 18 heavy (non-hydrogen) atoms. The molecule has 96 valence electrons. The van der Waals surface area contributed by atoms with Crippen LogP contribution >= 0.6 is 0 Å². The lowest BCUT2D eigenvalue weighted by molar-refractivity contribution is 0.0817. The molecule has 1 aromatic rings. The average molecular weight is 244 g/mol. The molecule has 0 radical (unpaired) electrons. The molecule has 2 heteroatoms. The highest BCUT2D eigenvalue weighted by atomic mass is 16.5. The van der Waals surface area contributed by atoms with Gasteiger partial charge >= 0.3 is 0 Å². The zero-order valence-corrected chi connectivity index (χ0v) is 11.3. The maximum absolute atomic E-state index is 12.6. The highest BCUT2D eigenvalue weighted by molar-refractivity contribution is 6.01. The largest absolute Gasteiger partial charge is 0.497 e. The Morgan fingerprint density at radius 2 is 2.06 bits per heavy atom. The Bertz CT molecular complexity index is 502. The van der Waals surface area contributed by atoms with E-state index in [0.717, 1.165) is 17.7 Å². The van der Waals surface area contributed by atoms with Gasteiger partial charge in [-0.3, -0.25) is 4.79 Å². The summed E-state index contributed by atoms with van der Waals surface area (Å²) in [6.45, 7) is 4.57. The van der Waals surface area contributed by atoms with E-state index in [1.807, 2.05) is 12.1 Å². The van der Waals surface area contributed by atoms with Crippen molar-refractivity contribution in [3.05, 3.63) is 29.3 Å². The predicted molar refractivity (Wildman–Crippen MR) is 71.2 cm³/mol. The van der Waals surface area contributed by atoms with Gasteiger partial charge in [0.25, 0.3) is 0 Å². The van der Waals surface area contributed by atoms with Crippen molar-refractivity contribution in [3.63, 3.8) is 0 Å². The second-order valence-electron chi connectivity index (χ2n) is 6.14. The van der Waals surface area contributed by atoms with Crippen molar-refractivity contribution in [1.82, 2.24) is 0 Å². The Hall–Kier alpha value is -1.31. The van der Waals surface area contributed by atoms with E-state index in [1.54, 1.807) is 7.11 Å². The van der Waals surface area contributed by atoms with Crippen molar-refractivity contribution in [1.29, 1.82) is 0 Å². The number of rotatable bonds is 1. The Kier molecular flexibility index (Phi) is 2.51. The van der Waals surface area contributed by atoms with Crippen LogP contribution in [0.1, 0.15) is 49.0 Å². The van der Waals surface area contributed by atoms with Gasteiger partial charge in [-0.25, -0.2) is 0 Å². The number of benzene rings is 1. The van der Waals surface area contributed by atoms with E-state index in [-0.39, 0.29) is 11.3 Å². The fourth-order valence-electron chi connectivity index (χ4n) is 3.95. The molecule has 0 bridgehead atoms. The molecule has 0 unspecified atom stereocenters. The van der Waals surface area contributed by atoms with E-state index in [0.29, 0.717) is 11.7 Å². The third-order valence-electron chi connectivity index (χ3n) is 4.97. The molecule has 2 aliphatic carbocycles. The lowest BCUT2D eigenvalue weighted by Crippen LogP contribution is -2.41. The number of ketones is 1. The van der Waals surface area contributed by atoms with Gasteiger partial charge in [-0.15, -0.1) is 0 Å². The van der Waals surface area contributed by atoms with Crippen LogP contribution in [0.4, 0.5) is 0 Å². The molecule has 2 aliphatic rings. The summed E-state index contributed by atoms with van der Waals surface area (Å²) in [5.41, 5.74) is 2.20. The zero-order valence-electron chi connectivity index (χ0n) is 11.3. The minimum absolute atomic E-state index is 0.108. The fourth-order valence-corrected chi connectivity index (χ4v) is 3.95. The minimum Gasteiger partial charge on any atom is -0.497 e. The highest BCUT2D eigenvalue weighted by Gasteiger charge is 2.48. The van der Waals surface area contributed by atoms with Crippen molar-refractivity contribution in [2.45, 2.75) is 38.5 Å². The van der Waals surface area contributed by atoms with E-state index in [4.69, 9.17) is 4.74 Å². The van der Waals surface area contributed by atoms with Crippen LogP contribution in [-0.2, 0) is 5.41 Å². The van der Waals surface area contributed by atoms with Gasteiger partial charge in [0, 0.05) is 11.5 Å². The van der Waals surface area contributed by atoms with Gasteiger partial charge in [0.1, 0.15) is 5.75 Å². The molecule has 2 nitrogen and oxygen atoms in total. The molecule has 1 aromatic carbocycles. The third-order valence-corrected chi connectivity index (χ3v) is 4.97. The maximum Gasteiger partial charge on any atom is 0.166 e.